The number of rotatable bonds is 9. The summed E-state index contributed by atoms with van der Waals surface area (Å²) in [6.07, 6.45) is -3.31. The van der Waals surface area contributed by atoms with Gasteiger partial charge >= 0.3 is 6.18 Å². The van der Waals surface area contributed by atoms with Crippen LogP contribution in [0.15, 0.2) is 71.9 Å². The molecule has 37 heavy (non-hydrogen) atoms. The molecule has 0 unspecified atom stereocenters. The number of ether oxygens (including phenoxy) is 1. The van der Waals surface area contributed by atoms with Gasteiger partial charge in [-0.15, -0.1) is 5.10 Å². The molecule has 2 aromatic carbocycles. The lowest BCUT2D eigenvalue weighted by Crippen LogP contribution is -2.35. The molecule has 0 saturated heterocycles. The molecule has 2 aromatic heterocycles. The van der Waals surface area contributed by atoms with Crippen LogP contribution in [0.5, 0.6) is 5.75 Å². The molecule has 0 aliphatic rings. The quantitative estimate of drug-likeness (QED) is 0.332. The minimum absolute atomic E-state index is 0.000543. The van der Waals surface area contributed by atoms with Crippen LogP contribution in [0, 0.1) is 5.92 Å². The number of nitrogens with one attached hydrogen (secondary N) is 1. The highest BCUT2D eigenvalue weighted by molar-refractivity contribution is 7.92. The van der Waals surface area contributed by atoms with E-state index < -0.39 is 21.8 Å². The first-order valence-electron chi connectivity index (χ1n) is 11.2. The maximum atomic E-state index is 13.5. The van der Waals surface area contributed by atoms with E-state index in [1.807, 2.05) is 0 Å². The minimum atomic E-state index is -4.65. The van der Waals surface area contributed by atoms with Crippen LogP contribution in [0.3, 0.4) is 0 Å². The zero-order chi connectivity index (χ0) is 26.6. The Balaban J connectivity index is 1.71. The molecule has 0 atom stereocenters. The zero-order valence-electron chi connectivity index (χ0n) is 19.8. The van der Waals surface area contributed by atoms with Crippen LogP contribution in [-0.4, -0.2) is 40.6 Å². The van der Waals surface area contributed by atoms with Gasteiger partial charge in [0, 0.05) is 18.3 Å². The van der Waals surface area contributed by atoms with Gasteiger partial charge in [0.2, 0.25) is 0 Å². The summed E-state index contributed by atoms with van der Waals surface area (Å²) in [6.45, 7) is 3.50. The van der Waals surface area contributed by atoms with Crippen molar-refractivity contribution in [2.45, 2.75) is 31.7 Å². The van der Waals surface area contributed by atoms with Crippen molar-refractivity contribution in [2.75, 3.05) is 10.8 Å². The maximum absolute atomic E-state index is 13.5. The number of sulfonamides is 1. The molecule has 0 aliphatic carbocycles. The third-order valence-electron chi connectivity index (χ3n) is 5.25. The number of nitrogens with zero attached hydrogens (tertiary/aromatic N) is 5. The Morgan fingerprint density at radius 1 is 1.05 bits per heavy atom. The standard InChI is InChI=1S/C24H23F3N6O3S/c1-16(2)14-33(37(34,35)22-5-3-4-12-28-22)20-11-10-19(24(25,26)27)13-21(20)36-15-17-6-8-18(9-7-17)23-29-31-32-30-23/h3-13,16H,14-15H2,1-2H3,(H,29,30,31,32). The predicted octanol–water partition coefficient (Wildman–Crippen LogP) is 4.71. The van der Waals surface area contributed by atoms with Gasteiger partial charge in [0.25, 0.3) is 10.0 Å². The fourth-order valence-electron chi connectivity index (χ4n) is 3.48. The van der Waals surface area contributed by atoms with Crippen LogP contribution in [0.25, 0.3) is 11.4 Å². The van der Waals surface area contributed by atoms with Crippen molar-refractivity contribution < 1.29 is 26.3 Å². The molecule has 0 radical (unpaired) electrons. The van der Waals surface area contributed by atoms with Crippen LogP contribution in [0.1, 0.15) is 25.0 Å². The van der Waals surface area contributed by atoms with E-state index in [0.717, 1.165) is 22.5 Å². The van der Waals surface area contributed by atoms with Crippen molar-refractivity contribution in [1.29, 1.82) is 0 Å². The largest absolute Gasteiger partial charge is 0.487 e. The summed E-state index contributed by atoms with van der Waals surface area (Å²) in [5.74, 6) is 0.0851. The first-order valence-corrected chi connectivity index (χ1v) is 12.6. The summed E-state index contributed by atoms with van der Waals surface area (Å²) in [5, 5.41) is 13.3. The number of anilines is 1. The molecule has 2 heterocycles. The number of alkyl halides is 3. The molecule has 0 bridgehead atoms. The van der Waals surface area contributed by atoms with Gasteiger partial charge in [0.1, 0.15) is 12.4 Å². The summed E-state index contributed by atoms with van der Waals surface area (Å²) in [5.41, 5.74) is 0.372. The van der Waals surface area contributed by atoms with Crippen molar-refractivity contribution >= 4 is 15.7 Å². The van der Waals surface area contributed by atoms with Crippen LogP contribution >= 0.6 is 0 Å². The Kier molecular flexibility index (Phi) is 7.43. The molecule has 4 aromatic rings. The lowest BCUT2D eigenvalue weighted by Gasteiger charge is -2.28. The number of aromatic nitrogens is 5. The number of aromatic amines is 1. The van der Waals surface area contributed by atoms with Crippen LogP contribution in [-0.2, 0) is 22.8 Å². The van der Waals surface area contributed by atoms with E-state index in [4.69, 9.17) is 4.74 Å². The number of benzene rings is 2. The number of hydrogen-bond donors (Lipinski definition) is 1. The van der Waals surface area contributed by atoms with E-state index in [-0.39, 0.29) is 35.5 Å². The third-order valence-corrected chi connectivity index (χ3v) is 6.94. The van der Waals surface area contributed by atoms with Crippen LogP contribution in [0.2, 0.25) is 0 Å². The van der Waals surface area contributed by atoms with E-state index in [1.54, 1.807) is 44.2 Å². The molecule has 0 aliphatic heterocycles. The monoisotopic (exact) mass is 532 g/mol. The second-order valence-electron chi connectivity index (χ2n) is 8.51. The fourth-order valence-corrected chi connectivity index (χ4v) is 5.06. The summed E-state index contributed by atoms with van der Waals surface area (Å²) in [6, 6.07) is 14.1. The summed E-state index contributed by atoms with van der Waals surface area (Å²) < 4.78 is 74.4. The summed E-state index contributed by atoms with van der Waals surface area (Å²) in [7, 11) is -4.19. The van der Waals surface area contributed by atoms with Gasteiger partial charge in [0.15, 0.2) is 10.9 Å². The average molecular weight is 533 g/mol. The maximum Gasteiger partial charge on any atom is 0.416 e. The van der Waals surface area contributed by atoms with Crippen molar-refractivity contribution in [3.05, 3.63) is 78.0 Å². The first kappa shape index (κ1) is 26.1. The molecule has 0 saturated carbocycles. The summed E-state index contributed by atoms with van der Waals surface area (Å²) >= 11 is 0. The summed E-state index contributed by atoms with van der Waals surface area (Å²) in [4.78, 5) is 3.95. The van der Waals surface area contributed by atoms with Gasteiger partial charge in [-0.05, 0) is 52.2 Å². The molecular formula is C24H23F3N6O3S. The Morgan fingerprint density at radius 3 is 2.41 bits per heavy atom. The smallest absolute Gasteiger partial charge is 0.416 e. The van der Waals surface area contributed by atoms with E-state index in [1.165, 1.54) is 18.3 Å². The Hall–Kier alpha value is -4.00. The lowest BCUT2D eigenvalue weighted by molar-refractivity contribution is -0.137. The van der Waals surface area contributed by atoms with Gasteiger partial charge in [-0.25, -0.2) is 10.1 Å². The second-order valence-corrected chi connectivity index (χ2v) is 10.3. The van der Waals surface area contributed by atoms with E-state index >= 15 is 0 Å². The van der Waals surface area contributed by atoms with Crippen LogP contribution < -0.4 is 9.04 Å². The average Bonchev–Trinajstić information content (AvgIpc) is 3.41. The molecule has 1 N–H and O–H groups in total. The molecule has 0 spiro atoms. The Bertz CT molecular complexity index is 1430. The third kappa shape index (κ3) is 6.05. The number of halogens is 3. The van der Waals surface area contributed by atoms with Gasteiger partial charge in [-0.3, -0.25) is 4.31 Å². The van der Waals surface area contributed by atoms with E-state index in [9.17, 15) is 21.6 Å². The number of pyridine rings is 1. The molecule has 0 amide bonds. The van der Waals surface area contributed by atoms with Gasteiger partial charge in [0.05, 0.1) is 11.3 Å². The number of H-pyrrole nitrogens is 1. The topological polar surface area (TPSA) is 114 Å². The molecule has 0 fully saturated rings. The molecule has 9 nitrogen and oxygen atoms in total. The highest BCUT2D eigenvalue weighted by Crippen LogP contribution is 2.39. The van der Waals surface area contributed by atoms with Gasteiger partial charge in [-0.1, -0.05) is 44.2 Å². The molecular weight excluding hydrogens is 509 g/mol. The van der Waals surface area contributed by atoms with Crippen molar-refractivity contribution in [1.82, 2.24) is 25.6 Å². The molecule has 13 heteroatoms. The normalized spacial score (nSPS) is 12.1. The van der Waals surface area contributed by atoms with Crippen molar-refractivity contribution in [2.24, 2.45) is 5.92 Å². The minimum Gasteiger partial charge on any atom is -0.487 e. The van der Waals surface area contributed by atoms with Crippen LogP contribution in [0.4, 0.5) is 18.9 Å². The SMILES string of the molecule is CC(C)CN(c1ccc(C(F)(F)F)cc1OCc1ccc(-c2nnn[nH]2)cc1)S(=O)(=O)c1ccccn1. The molecule has 4 rings (SSSR count). The molecule has 194 valence electrons. The van der Waals surface area contributed by atoms with Crippen molar-refractivity contribution in [3.8, 4) is 17.1 Å². The first-order chi connectivity index (χ1) is 17.6. The zero-order valence-corrected chi connectivity index (χ0v) is 20.7. The number of hydrogen-bond acceptors (Lipinski definition) is 7. The lowest BCUT2D eigenvalue weighted by atomic mass is 10.1. The Labute approximate surface area is 211 Å². The second kappa shape index (κ2) is 10.5. The van der Waals surface area contributed by atoms with Gasteiger partial charge < -0.3 is 4.74 Å². The Morgan fingerprint density at radius 2 is 1.81 bits per heavy atom. The predicted molar refractivity (Wildman–Crippen MR) is 129 cm³/mol. The van der Waals surface area contributed by atoms with Gasteiger partial charge in [-0.2, -0.15) is 21.6 Å². The fraction of sp³-hybridized carbons (Fsp3) is 0.250. The van der Waals surface area contributed by atoms with E-state index in [2.05, 4.69) is 25.6 Å². The van der Waals surface area contributed by atoms with E-state index in [0.29, 0.717) is 17.0 Å². The highest BCUT2D eigenvalue weighted by Gasteiger charge is 2.34. The highest BCUT2D eigenvalue weighted by atomic mass is 32.2. The van der Waals surface area contributed by atoms with Crippen molar-refractivity contribution in [3.63, 3.8) is 0 Å². The number of tetrazole rings is 1.